The number of nitrogens with two attached hydrogens (primary N) is 1. The molecule has 4 nitrogen and oxygen atoms in total. The molecule has 0 aromatic heterocycles. The molecule has 3 N–H and O–H groups in total. The van der Waals surface area contributed by atoms with E-state index in [0.717, 1.165) is 30.6 Å². The van der Waals surface area contributed by atoms with Crippen molar-refractivity contribution in [3.63, 3.8) is 0 Å². The van der Waals surface area contributed by atoms with Crippen LogP contribution in [0.25, 0.3) is 0 Å². The molecule has 1 amide bonds. The van der Waals surface area contributed by atoms with Crippen molar-refractivity contribution in [1.82, 2.24) is 5.32 Å². The van der Waals surface area contributed by atoms with Crippen LogP contribution in [0.5, 0.6) is 5.75 Å². The van der Waals surface area contributed by atoms with E-state index in [1.165, 1.54) is 0 Å². The van der Waals surface area contributed by atoms with Gasteiger partial charge in [0.15, 0.2) is 0 Å². The lowest BCUT2D eigenvalue weighted by Gasteiger charge is -2.26. The molecule has 0 saturated carbocycles. The van der Waals surface area contributed by atoms with E-state index in [9.17, 15) is 4.79 Å². The van der Waals surface area contributed by atoms with Gasteiger partial charge in [-0.05, 0) is 38.8 Å². The van der Waals surface area contributed by atoms with Crippen LogP contribution in [0.2, 0.25) is 0 Å². The van der Waals surface area contributed by atoms with Crippen molar-refractivity contribution in [2.75, 3.05) is 13.2 Å². The Hall–Kier alpha value is -1.55. The summed E-state index contributed by atoms with van der Waals surface area (Å²) in [4.78, 5) is 12.3. The largest absolute Gasteiger partial charge is 0.493 e. The number of nitrogens with one attached hydrogen (secondary N) is 1. The summed E-state index contributed by atoms with van der Waals surface area (Å²) in [5.41, 5.74) is 6.48. The predicted octanol–water partition coefficient (Wildman–Crippen LogP) is 1.80. The zero-order valence-electron chi connectivity index (χ0n) is 11.4. The van der Waals surface area contributed by atoms with Crippen molar-refractivity contribution < 1.29 is 9.53 Å². The third-order valence-electron chi connectivity index (χ3n) is 3.50. The lowest BCUT2D eigenvalue weighted by Crippen LogP contribution is -2.38. The van der Waals surface area contributed by atoms with Crippen LogP contribution in [0.15, 0.2) is 24.3 Å². The predicted molar refractivity (Wildman–Crippen MR) is 75.2 cm³/mol. The fraction of sp³-hybridized carbons (Fsp3) is 0.533. The van der Waals surface area contributed by atoms with Gasteiger partial charge in [0.25, 0.3) is 0 Å². The quantitative estimate of drug-likeness (QED) is 0.850. The van der Waals surface area contributed by atoms with E-state index in [0.29, 0.717) is 13.2 Å². The molecular formula is C15H22N2O2. The van der Waals surface area contributed by atoms with Crippen molar-refractivity contribution in [2.45, 2.75) is 38.1 Å². The van der Waals surface area contributed by atoms with Crippen LogP contribution in [0.1, 0.15) is 37.7 Å². The van der Waals surface area contributed by atoms with Gasteiger partial charge in [-0.1, -0.05) is 18.2 Å². The highest BCUT2D eigenvalue weighted by atomic mass is 16.5. The summed E-state index contributed by atoms with van der Waals surface area (Å²) in [6.07, 6.45) is 2.60. The van der Waals surface area contributed by atoms with Crippen molar-refractivity contribution in [3.8, 4) is 5.75 Å². The molecule has 0 saturated heterocycles. The highest BCUT2D eigenvalue weighted by Crippen LogP contribution is 2.33. The molecule has 2 rings (SSSR count). The number of rotatable bonds is 5. The van der Waals surface area contributed by atoms with Gasteiger partial charge in [-0.3, -0.25) is 4.79 Å². The number of benzene rings is 1. The van der Waals surface area contributed by atoms with Gasteiger partial charge < -0.3 is 15.8 Å². The second-order valence-corrected chi connectivity index (χ2v) is 5.07. The topological polar surface area (TPSA) is 64.3 Å². The third kappa shape index (κ3) is 3.47. The van der Waals surface area contributed by atoms with Gasteiger partial charge in [0.2, 0.25) is 5.91 Å². The Labute approximate surface area is 114 Å². The van der Waals surface area contributed by atoms with E-state index in [2.05, 4.69) is 5.32 Å². The number of ether oxygens (including phenoxy) is 1. The molecule has 0 spiro atoms. The minimum absolute atomic E-state index is 0.0923. The standard InChI is InChI=1S/C15H22N2O2/c1-11(5-4-9-16)17-15(18)13-8-10-19-14-7-3-2-6-12(13)14/h2-3,6-7,11,13H,4-5,8-10,16H2,1H3,(H,17,18). The molecule has 1 aliphatic rings. The Morgan fingerprint density at radius 2 is 2.32 bits per heavy atom. The number of fused-ring (bicyclic) bond motifs is 1. The SMILES string of the molecule is CC(CCCN)NC(=O)C1CCOc2ccccc21. The van der Waals surface area contributed by atoms with Crippen molar-refractivity contribution in [3.05, 3.63) is 29.8 Å². The number of para-hydroxylation sites is 1. The van der Waals surface area contributed by atoms with Gasteiger partial charge in [-0.2, -0.15) is 0 Å². The summed E-state index contributed by atoms with van der Waals surface area (Å²) < 4.78 is 5.58. The maximum atomic E-state index is 12.3. The average molecular weight is 262 g/mol. The lowest BCUT2D eigenvalue weighted by atomic mass is 9.92. The molecule has 4 heteroatoms. The number of carbonyl (C=O) groups is 1. The van der Waals surface area contributed by atoms with E-state index < -0.39 is 0 Å². The van der Waals surface area contributed by atoms with Crippen LogP contribution < -0.4 is 15.8 Å². The van der Waals surface area contributed by atoms with Crippen molar-refractivity contribution in [2.24, 2.45) is 5.73 Å². The number of carbonyl (C=O) groups excluding carboxylic acids is 1. The Kier molecular flexibility index (Phi) is 4.80. The molecule has 0 radical (unpaired) electrons. The number of hydrogen-bond acceptors (Lipinski definition) is 3. The van der Waals surface area contributed by atoms with Crippen LogP contribution in [0.4, 0.5) is 0 Å². The van der Waals surface area contributed by atoms with Gasteiger partial charge in [0.1, 0.15) is 5.75 Å². The fourth-order valence-corrected chi connectivity index (χ4v) is 2.45. The first kappa shape index (κ1) is 13.9. The van der Waals surface area contributed by atoms with Gasteiger partial charge in [-0.25, -0.2) is 0 Å². The second kappa shape index (κ2) is 6.57. The normalized spacial score (nSPS) is 19.2. The monoisotopic (exact) mass is 262 g/mol. The summed E-state index contributed by atoms with van der Waals surface area (Å²) >= 11 is 0. The first-order valence-corrected chi connectivity index (χ1v) is 6.94. The first-order valence-electron chi connectivity index (χ1n) is 6.94. The Morgan fingerprint density at radius 3 is 3.11 bits per heavy atom. The van der Waals surface area contributed by atoms with Gasteiger partial charge in [0, 0.05) is 11.6 Å². The molecule has 2 unspecified atom stereocenters. The molecule has 1 aromatic carbocycles. The Bertz CT molecular complexity index is 434. The van der Waals surface area contributed by atoms with E-state index >= 15 is 0 Å². The average Bonchev–Trinajstić information content (AvgIpc) is 2.44. The third-order valence-corrected chi connectivity index (χ3v) is 3.50. The maximum absolute atomic E-state index is 12.3. The lowest BCUT2D eigenvalue weighted by molar-refractivity contribution is -0.123. The van der Waals surface area contributed by atoms with Crippen molar-refractivity contribution >= 4 is 5.91 Å². The Morgan fingerprint density at radius 1 is 1.53 bits per heavy atom. The van der Waals surface area contributed by atoms with Crippen LogP contribution in [-0.4, -0.2) is 25.1 Å². The number of amides is 1. The smallest absolute Gasteiger partial charge is 0.228 e. The molecule has 0 bridgehead atoms. The summed E-state index contributed by atoms with van der Waals surface area (Å²) in [5, 5.41) is 3.08. The fourth-order valence-electron chi connectivity index (χ4n) is 2.45. The highest BCUT2D eigenvalue weighted by molar-refractivity contribution is 5.84. The molecule has 2 atom stereocenters. The van der Waals surface area contributed by atoms with E-state index in [-0.39, 0.29) is 17.9 Å². The summed E-state index contributed by atoms with van der Waals surface area (Å²) in [7, 11) is 0. The van der Waals surface area contributed by atoms with Gasteiger partial charge in [-0.15, -0.1) is 0 Å². The molecular weight excluding hydrogens is 240 g/mol. The van der Waals surface area contributed by atoms with E-state index in [4.69, 9.17) is 10.5 Å². The van der Waals surface area contributed by atoms with Crippen LogP contribution in [-0.2, 0) is 4.79 Å². The molecule has 19 heavy (non-hydrogen) atoms. The van der Waals surface area contributed by atoms with E-state index in [1.807, 2.05) is 31.2 Å². The second-order valence-electron chi connectivity index (χ2n) is 5.07. The van der Waals surface area contributed by atoms with Gasteiger partial charge >= 0.3 is 0 Å². The van der Waals surface area contributed by atoms with Crippen LogP contribution in [0, 0.1) is 0 Å². The van der Waals surface area contributed by atoms with E-state index in [1.54, 1.807) is 0 Å². The zero-order valence-corrected chi connectivity index (χ0v) is 11.4. The minimum atomic E-state index is -0.0923. The van der Waals surface area contributed by atoms with Gasteiger partial charge in [0.05, 0.1) is 12.5 Å². The summed E-state index contributed by atoms with van der Waals surface area (Å²) in [6, 6.07) is 7.95. The highest BCUT2D eigenvalue weighted by Gasteiger charge is 2.27. The molecule has 104 valence electrons. The van der Waals surface area contributed by atoms with Crippen LogP contribution >= 0.6 is 0 Å². The molecule has 0 fully saturated rings. The Balaban J connectivity index is 2.00. The summed E-state index contributed by atoms with van der Waals surface area (Å²) in [5.74, 6) is 0.842. The first-order chi connectivity index (χ1) is 9.22. The maximum Gasteiger partial charge on any atom is 0.228 e. The molecule has 1 aliphatic heterocycles. The molecule has 1 heterocycles. The van der Waals surface area contributed by atoms with Crippen molar-refractivity contribution in [1.29, 1.82) is 0 Å². The minimum Gasteiger partial charge on any atom is -0.493 e. The summed E-state index contributed by atoms with van der Waals surface area (Å²) in [6.45, 7) is 3.30. The van der Waals surface area contributed by atoms with Crippen LogP contribution in [0.3, 0.4) is 0 Å². The molecule has 0 aliphatic carbocycles. The number of hydrogen-bond donors (Lipinski definition) is 2. The molecule has 1 aromatic rings. The zero-order chi connectivity index (χ0) is 13.7.